The zero-order valence-electron chi connectivity index (χ0n) is 18.4. The van der Waals surface area contributed by atoms with Crippen molar-refractivity contribution in [2.45, 2.75) is 5.60 Å². The summed E-state index contributed by atoms with van der Waals surface area (Å²) in [6.45, 7) is 0. The molecule has 0 aliphatic carbocycles. The summed E-state index contributed by atoms with van der Waals surface area (Å²) < 4.78 is 5.16. The Labute approximate surface area is 195 Å². The maximum Gasteiger partial charge on any atom is 0.251 e. The number of hydrogen-bond donors (Lipinski definition) is 1. The van der Waals surface area contributed by atoms with Crippen LogP contribution in [0.2, 0.25) is 5.02 Å². The van der Waals surface area contributed by atoms with Gasteiger partial charge in [0.2, 0.25) is 0 Å². The second-order valence-electron chi connectivity index (χ2n) is 8.16. The Morgan fingerprint density at radius 1 is 1.03 bits per heavy atom. The van der Waals surface area contributed by atoms with Crippen molar-refractivity contribution in [3.8, 4) is 11.1 Å². The van der Waals surface area contributed by atoms with Gasteiger partial charge in [-0.3, -0.25) is 4.79 Å². The molecule has 7 nitrogen and oxygen atoms in total. The van der Waals surface area contributed by atoms with Crippen LogP contribution in [0.3, 0.4) is 0 Å². The van der Waals surface area contributed by atoms with Gasteiger partial charge in [-0.25, -0.2) is 9.97 Å². The zero-order valence-corrected chi connectivity index (χ0v) is 19.2. The van der Waals surface area contributed by atoms with E-state index in [1.807, 2.05) is 50.5 Å². The highest BCUT2D eigenvalue weighted by Gasteiger charge is 2.40. The molecule has 1 unspecified atom stereocenters. The predicted molar refractivity (Wildman–Crippen MR) is 128 cm³/mol. The van der Waals surface area contributed by atoms with Crippen LogP contribution in [-0.2, 0) is 26.7 Å². The molecule has 3 heterocycles. The van der Waals surface area contributed by atoms with Gasteiger partial charge in [-0.2, -0.15) is 0 Å². The minimum Gasteiger partial charge on any atom is -0.372 e. The number of halogens is 1. The second-order valence-corrected chi connectivity index (χ2v) is 8.60. The molecule has 5 aromatic rings. The number of aliphatic hydroxyl groups is 1. The first-order valence-electron chi connectivity index (χ1n) is 10.4. The van der Waals surface area contributed by atoms with E-state index >= 15 is 0 Å². The summed E-state index contributed by atoms with van der Waals surface area (Å²) in [6, 6.07) is 14.6. The minimum atomic E-state index is -1.57. The molecule has 33 heavy (non-hydrogen) atoms. The van der Waals surface area contributed by atoms with Crippen LogP contribution < -0.4 is 5.56 Å². The summed E-state index contributed by atoms with van der Waals surface area (Å²) in [5, 5.41) is 13.6. The molecule has 0 fully saturated rings. The van der Waals surface area contributed by atoms with Gasteiger partial charge in [0.05, 0.1) is 23.7 Å². The topological polar surface area (TPSA) is 77.9 Å². The van der Waals surface area contributed by atoms with E-state index in [1.165, 1.54) is 0 Å². The van der Waals surface area contributed by atoms with Crippen LogP contribution in [0.5, 0.6) is 0 Å². The van der Waals surface area contributed by atoms with E-state index in [-0.39, 0.29) is 5.56 Å². The summed E-state index contributed by atoms with van der Waals surface area (Å²) in [6.07, 6.45) is 6.72. The lowest BCUT2D eigenvalue weighted by Crippen LogP contribution is -2.34. The molecule has 0 saturated heterocycles. The molecule has 0 aliphatic rings. The molecule has 0 aliphatic heterocycles. The fourth-order valence-corrected chi connectivity index (χ4v) is 4.58. The fourth-order valence-electron chi connectivity index (χ4n) is 4.39. The number of rotatable bonds is 4. The van der Waals surface area contributed by atoms with Crippen LogP contribution in [0.15, 0.2) is 78.2 Å². The molecule has 1 atom stereocenters. The minimum absolute atomic E-state index is 0.128. The third-order valence-corrected chi connectivity index (χ3v) is 6.37. The first-order chi connectivity index (χ1) is 15.8. The van der Waals surface area contributed by atoms with Gasteiger partial charge in [-0.1, -0.05) is 29.8 Å². The van der Waals surface area contributed by atoms with Crippen LogP contribution in [0.4, 0.5) is 0 Å². The van der Waals surface area contributed by atoms with Crippen LogP contribution >= 0.6 is 11.6 Å². The number of nitrogens with zero attached hydrogens (tertiary/aromatic N) is 5. The highest BCUT2D eigenvalue weighted by atomic mass is 35.5. The van der Waals surface area contributed by atoms with Crippen molar-refractivity contribution in [2.75, 3.05) is 0 Å². The van der Waals surface area contributed by atoms with Gasteiger partial charge in [-0.15, -0.1) is 0 Å². The van der Waals surface area contributed by atoms with E-state index in [0.29, 0.717) is 22.1 Å². The molecule has 2 aromatic carbocycles. The quantitative estimate of drug-likeness (QED) is 0.445. The van der Waals surface area contributed by atoms with Crippen molar-refractivity contribution in [1.82, 2.24) is 23.7 Å². The van der Waals surface area contributed by atoms with Crippen molar-refractivity contribution in [3.05, 3.63) is 106 Å². The molecule has 0 radical (unpaired) electrons. The van der Waals surface area contributed by atoms with Crippen molar-refractivity contribution in [2.24, 2.45) is 21.1 Å². The zero-order chi connectivity index (χ0) is 23.3. The first-order valence-corrected chi connectivity index (χ1v) is 10.8. The Bertz CT molecular complexity index is 1520. The van der Waals surface area contributed by atoms with Crippen molar-refractivity contribution >= 4 is 22.5 Å². The van der Waals surface area contributed by atoms with Gasteiger partial charge in [0, 0.05) is 50.0 Å². The van der Waals surface area contributed by atoms with Crippen LogP contribution in [0.25, 0.3) is 22.0 Å². The lowest BCUT2D eigenvalue weighted by atomic mass is 9.87. The Balaban J connectivity index is 1.86. The number of benzene rings is 2. The maximum atomic E-state index is 12.7. The second kappa shape index (κ2) is 7.72. The molecule has 3 aromatic heterocycles. The number of fused-ring (bicyclic) bond motifs is 1. The summed E-state index contributed by atoms with van der Waals surface area (Å²) in [7, 11) is 5.41. The fraction of sp³-hybridized carbons (Fsp3) is 0.160. The number of hydrogen-bond acceptors (Lipinski definition) is 4. The van der Waals surface area contributed by atoms with Gasteiger partial charge < -0.3 is 18.8 Å². The van der Waals surface area contributed by atoms with Crippen LogP contribution in [0, 0.1) is 0 Å². The normalized spacial score (nSPS) is 13.4. The highest BCUT2D eigenvalue weighted by Crippen LogP contribution is 2.38. The maximum absolute atomic E-state index is 12.7. The first kappa shape index (κ1) is 21.2. The van der Waals surface area contributed by atoms with Gasteiger partial charge in [0.15, 0.2) is 11.4 Å². The van der Waals surface area contributed by atoms with E-state index < -0.39 is 5.60 Å². The molecule has 0 bridgehead atoms. The monoisotopic (exact) mass is 459 g/mol. The van der Waals surface area contributed by atoms with Crippen molar-refractivity contribution in [3.63, 3.8) is 0 Å². The summed E-state index contributed by atoms with van der Waals surface area (Å²) >= 11 is 6.25. The van der Waals surface area contributed by atoms with Crippen LogP contribution in [0.1, 0.15) is 17.1 Å². The van der Waals surface area contributed by atoms with E-state index in [4.69, 9.17) is 11.6 Å². The average molecular weight is 460 g/mol. The summed E-state index contributed by atoms with van der Waals surface area (Å²) in [5.74, 6) is 0.458. The van der Waals surface area contributed by atoms with Crippen molar-refractivity contribution < 1.29 is 5.11 Å². The Morgan fingerprint density at radius 2 is 1.85 bits per heavy atom. The molecule has 8 heteroatoms. The Kier molecular flexibility index (Phi) is 4.96. The molecule has 1 N–H and O–H groups in total. The molecular formula is C25H22ClN5O2. The van der Waals surface area contributed by atoms with E-state index in [0.717, 1.165) is 22.0 Å². The van der Waals surface area contributed by atoms with E-state index in [9.17, 15) is 9.90 Å². The SMILES string of the molecule is Cn1cncc1C(O)(c1ccc2c(c1)c(-c1cccc(Cl)c1)cc(=O)n2C)c1nccn1C. The molecule has 0 saturated carbocycles. The molecule has 5 rings (SSSR count). The largest absolute Gasteiger partial charge is 0.372 e. The third kappa shape index (κ3) is 3.28. The molecule has 0 amide bonds. The number of pyridine rings is 1. The van der Waals surface area contributed by atoms with Gasteiger partial charge in [0.1, 0.15) is 0 Å². The van der Waals surface area contributed by atoms with Gasteiger partial charge in [-0.05, 0) is 41.0 Å². The standard InChI is InChI=1S/C25H22ClN5O2/c1-29-10-9-28-24(29)25(33,22-14-27-15-30(22)2)17-7-8-21-20(12-17)19(13-23(32)31(21)3)16-5-4-6-18(26)11-16/h4-15,33H,1-3H3. The Morgan fingerprint density at radius 3 is 2.52 bits per heavy atom. The Hall–Kier alpha value is -3.68. The van der Waals surface area contributed by atoms with Gasteiger partial charge in [0.25, 0.3) is 5.56 Å². The highest BCUT2D eigenvalue weighted by molar-refractivity contribution is 6.30. The molecule has 166 valence electrons. The molecular weight excluding hydrogens is 438 g/mol. The predicted octanol–water partition coefficient (Wildman–Crippen LogP) is 3.61. The molecule has 0 spiro atoms. The number of aromatic nitrogens is 5. The lowest BCUT2D eigenvalue weighted by molar-refractivity contribution is 0.104. The van der Waals surface area contributed by atoms with Gasteiger partial charge >= 0.3 is 0 Å². The lowest BCUT2D eigenvalue weighted by Gasteiger charge is -2.29. The number of aryl methyl sites for hydroxylation is 3. The number of imidazole rings is 2. The summed E-state index contributed by atoms with van der Waals surface area (Å²) in [4.78, 5) is 21.4. The van der Waals surface area contributed by atoms with Crippen molar-refractivity contribution in [1.29, 1.82) is 0 Å². The summed E-state index contributed by atoms with van der Waals surface area (Å²) in [5.41, 5.74) is 1.79. The smallest absolute Gasteiger partial charge is 0.251 e. The van der Waals surface area contributed by atoms with E-state index in [1.54, 1.807) is 57.8 Å². The van der Waals surface area contributed by atoms with E-state index in [2.05, 4.69) is 9.97 Å². The third-order valence-electron chi connectivity index (χ3n) is 6.13. The average Bonchev–Trinajstić information content (AvgIpc) is 3.44. The van der Waals surface area contributed by atoms with Crippen LogP contribution in [-0.4, -0.2) is 28.8 Å².